The van der Waals surface area contributed by atoms with Crippen molar-refractivity contribution in [1.82, 2.24) is 10.2 Å². The molecule has 0 spiro atoms. The monoisotopic (exact) mass is 858 g/mol. The highest BCUT2D eigenvalue weighted by atomic mass is 16.7. The van der Waals surface area contributed by atoms with E-state index < -0.39 is 23.8 Å². The molecular formula is C51H75N3O8. The largest absolute Gasteiger partial charge is 0.459 e. The molecule has 5 rings (SSSR count). The number of hydrogen-bond donors (Lipinski definition) is 3. The van der Waals surface area contributed by atoms with Crippen LogP contribution in [0.3, 0.4) is 0 Å². The summed E-state index contributed by atoms with van der Waals surface area (Å²) in [6.07, 6.45) is 20.3. The summed E-state index contributed by atoms with van der Waals surface area (Å²) in [6, 6.07) is 14.7. The topological polar surface area (TPSA) is 139 Å². The highest BCUT2D eigenvalue weighted by molar-refractivity contribution is 6.03. The van der Waals surface area contributed by atoms with Crippen LogP contribution in [0.5, 0.6) is 11.5 Å². The molecule has 1 fully saturated rings. The minimum absolute atomic E-state index is 0.0605. The molecule has 3 N–H and O–H groups in total. The smallest absolute Gasteiger partial charge is 0.412 e. The van der Waals surface area contributed by atoms with Gasteiger partial charge in [0.2, 0.25) is 11.7 Å². The molecule has 2 aliphatic carbocycles. The van der Waals surface area contributed by atoms with Gasteiger partial charge in [-0.1, -0.05) is 126 Å². The molecule has 11 nitrogen and oxygen atoms in total. The molecule has 2 amide bonds. The zero-order valence-electron chi connectivity index (χ0n) is 37.9. The van der Waals surface area contributed by atoms with E-state index in [0.29, 0.717) is 50.3 Å². The van der Waals surface area contributed by atoms with Crippen LogP contribution in [0.15, 0.2) is 78.0 Å². The van der Waals surface area contributed by atoms with E-state index in [1.54, 1.807) is 19.3 Å². The predicted octanol–water partition coefficient (Wildman–Crippen LogP) is 10.4. The van der Waals surface area contributed by atoms with Crippen molar-refractivity contribution in [2.45, 2.75) is 154 Å². The Morgan fingerprint density at radius 2 is 1.63 bits per heavy atom. The summed E-state index contributed by atoms with van der Waals surface area (Å²) in [4.78, 5) is 35.4. The van der Waals surface area contributed by atoms with E-state index in [-0.39, 0.29) is 43.5 Å². The lowest BCUT2D eigenvalue weighted by atomic mass is 9.55. The van der Waals surface area contributed by atoms with Gasteiger partial charge in [-0.25, -0.2) is 4.79 Å². The number of allylic oxidation sites excluding steroid dienone is 1. The van der Waals surface area contributed by atoms with Crippen molar-refractivity contribution in [1.29, 1.82) is 0 Å². The van der Waals surface area contributed by atoms with E-state index in [1.807, 2.05) is 47.4 Å². The van der Waals surface area contributed by atoms with E-state index in [2.05, 4.69) is 31.8 Å². The molecular weight excluding hydrogens is 783 g/mol. The Balaban J connectivity index is 1.57. The summed E-state index contributed by atoms with van der Waals surface area (Å²) in [5, 5.41) is 27.4. The minimum Gasteiger partial charge on any atom is -0.459 e. The number of aliphatic hydroxyl groups excluding tert-OH is 2. The lowest BCUT2D eigenvalue weighted by Gasteiger charge is -2.60. The Morgan fingerprint density at radius 3 is 2.31 bits per heavy atom. The van der Waals surface area contributed by atoms with Gasteiger partial charge >= 0.3 is 6.09 Å². The number of nitrogens with zero attached hydrogens (tertiary/aromatic N) is 2. The van der Waals surface area contributed by atoms with Crippen LogP contribution in [-0.4, -0.2) is 78.1 Å². The molecule has 2 aromatic carbocycles. The number of benzene rings is 2. The summed E-state index contributed by atoms with van der Waals surface area (Å²) in [5.41, 5.74) is 3.60. The van der Waals surface area contributed by atoms with Crippen LogP contribution in [-0.2, 0) is 20.9 Å². The van der Waals surface area contributed by atoms with Crippen molar-refractivity contribution >= 4 is 17.7 Å². The van der Waals surface area contributed by atoms with Crippen LogP contribution in [0.4, 0.5) is 4.79 Å². The first kappa shape index (κ1) is 48.8. The summed E-state index contributed by atoms with van der Waals surface area (Å²) >= 11 is 0. The number of aliphatic hydroxyl groups is 2. The maximum atomic E-state index is 14.6. The van der Waals surface area contributed by atoms with Gasteiger partial charge in [-0.15, -0.1) is 6.58 Å². The number of oxime groups is 1. The summed E-state index contributed by atoms with van der Waals surface area (Å²) in [6.45, 7) is 9.65. The molecule has 1 heterocycles. The van der Waals surface area contributed by atoms with Crippen LogP contribution in [0.1, 0.15) is 146 Å². The molecule has 62 heavy (non-hydrogen) atoms. The number of fused-ring (bicyclic) bond motifs is 2. The standard InChI is InChI=1S/C51H75N3O8/c1-5-8-9-10-11-12-13-14-18-27-47(57)54(30-6-2)46-36-44(53-59-4)42-34-39(25-19-21-31-55)41(26-20-22-32-56)48-43-35-40(61-50(58)52-37-38-23-16-15-17-24-38)28-29-45(43)62-51(46,49(42)48)60-33-7-3/h7,15-17,23-24,28-29,34-35,39,41,46,48-49,55-56H,3,5-6,8-14,18-22,25-27,30-33,36-37H2,1-2,4H3,(H,52,58). The molecule has 1 saturated carbocycles. The zero-order chi connectivity index (χ0) is 44.2. The Morgan fingerprint density at radius 1 is 0.919 bits per heavy atom. The van der Waals surface area contributed by atoms with Crippen molar-refractivity contribution in [3.8, 4) is 11.5 Å². The molecule has 0 bridgehead atoms. The summed E-state index contributed by atoms with van der Waals surface area (Å²) in [7, 11) is 1.56. The molecule has 11 heteroatoms. The molecule has 0 saturated heterocycles. The van der Waals surface area contributed by atoms with E-state index in [9.17, 15) is 19.8 Å². The van der Waals surface area contributed by atoms with Crippen molar-refractivity contribution in [3.05, 3.63) is 84.0 Å². The van der Waals surface area contributed by atoms with E-state index >= 15 is 0 Å². The maximum Gasteiger partial charge on any atom is 0.412 e. The molecule has 0 aromatic heterocycles. The molecule has 6 unspecified atom stereocenters. The number of amides is 2. The van der Waals surface area contributed by atoms with Crippen molar-refractivity contribution < 1.29 is 38.9 Å². The lowest BCUT2D eigenvalue weighted by Crippen LogP contribution is -2.70. The fourth-order valence-electron chi connectivity index (χ4n) is 10.2. The van der Waals surface area contributed by atoms with Gasteiger partial charge in [-0.3, -0.25) is 4.79 Å². The van der Waals surface area contributed by atoms with Gasteiger partial charge in [0.25, 0.3) is 0 Å². The Bertz CT molecular complexity index is 1750. The SMILES string of the molecule is C=CCOC12Oc3ccc(OC(=O)NCc4ccccc4)cc3C3C(CCCCO)C(CCCCO)C=C(C(=NOC)CC1N(CCC)C(=O)CCCCCCCCCCC)C32. The predicted molar refractivity (Wildman–Crippen MR) is 245 cm³/mol. The van der Waals surface area contributed by atoms with Gasteiger partial charge in [0.05, 0.1) is 18.2 Å². The number of rotatable bonds is 28. The van der Waals surface area contributed by atoms with Crippen LogP contribution in [0, 0.1) is 17.8 Å². The quantitative estimate of drug-likeness (QED) is 0.0437. The molecule has 0 radical (unpaired) electrons. The number of ether oxygens (including phenoxy) is 3. The summed E-state index contributed by atoms with van der Waals surface area (Å²) < 4.78 is 20.3. The van der Waals surface area contributed by atoms with Gasteiger partial charge in [-0.2, -0.15) is 0 Å². The first-order chi connectivity index (χ1) is 30.3. The van der Waals surface area contributed by atoms with Crippen LogP contribution >= 0.6 is 0 Å². The lowest BCUT2D eigenvalue weighted by molar-refractivity contribution is -0.257. The number of nitrogens with one attached hydrogen (secondary N) is 1. The molecule has 6 atom stereocenters. The number of unbranched alkanes of at least 4 members (excludes halogenated alkanes) is 10. The summed E-state index contributed by atoms with van der Waals surface area (Å²) in [5.74, 6) is -0.692. The average molecular weight is 858 g/mol. The van der Waals surface area contributed by atoms with Crippen LogP contribution in [0.25, 0.3) is 0 Å². The first-order valence-electron chi connectivity index (χ1n) is 23.8. The second-order valence-electron chi connectivity index (χ2n) is 17.3. The number of hydrogen-bond acceptors (Lipinski definition) is 9. The zero-order valence-corrected chi connectivity index (χ0v) is 37.9. The average Bonchev–Trinajstić information content (AvgIpc) is 3.28. The molecule has 1 aliphatic heterocycles. The van der Waals surface area contributed by atoms with Crippen LogP contribution < -0.4 is 14.8 Å². The van der Waals surface area contributed by atoms with Crippen LogP contribution in [0.2, 0.25) is 0 Å². The van der Waals surface area contributed by atoms with Gasteiger partial charge in [0.1, 0.15) is 24.7 Å². The Kier molecular flexibility index (Phi) is 20.3. The fraction of sp³-hybridized carbons (Fsp3) is 0.627. The van der Waals surface area contributed by atoms with Gasteiger partial charge in [0, 0.05) is 50.6 Å². The second kappa shape index (κ2) is 25.8. The minimum atomic E-state index is -1.31. The highest BCUT2D eigenvalue weighted by Crippen LogP contribution is 2.62. The number of carbonyl (C=O) groups excluding carboxylic acids is 2. The third-order valence-electron chi connectivity index (χ3n) is 13.0. The van der Waals surface area contributed by atoms with E-state index in [0.717, 1.165) is 73.8 Å². The van der Waals surface area contributed by atoms with E-state index in [4.69, 9.17) is 24.2 Å². The molecule has 2 aromatic rings. The van der Waals surface area contributed by atoms with Gasteiger partial charge < -0.3 is 39.5 Å². The Hall–Kier alpha value is -4.19. The van der Waals surface area contributed by atoms with E-state index in [1.165, 1.54) is 38.5 Å². The Labute approximate surface area is 371 Å². The fourth-order valence-corrected chi connectivity index (χ4v) is 10.2. The number of carbonyl (C=O) groups is 2. The second-order valence-corrected chi connectivity index (χ2v) is 17.3. The highest BCUT2D eigenvalue weighted by Gasteiger charge is 2.65. The first-order valence-corrected chi connectivity index (χ1v) is 23.8. The van der Waals surface area contributed by atoms with Crippen molar-refractivity contribution in [3.63, 3.8) is 0 Å². The molecule has 342 valence electrons. The maximum absolute atomic E-state index is 14.6. The van der Waals surface area contributed by atoms with Gasteiger partial charge in [0.15, 0.2) is 0 Å². The molecule has 3 aliphatic rings. The third kappa shape index (κ3) is 12.7. The van der Waals surface area contributed by atoms with Crippen molar-refractivity contribution in [2.24, 2.45) is 22.9 Å². The third-order valence-corrected chi connectivity index (χ3v) is 13.0. The normalized spacial score (nSPS) is 23.1. The van der Waals surface area contributed by atoms with Gasteiger partial charge in [-0.05, 0) is 79.7 Å². The van der Waals surface area contributed by atoms with Crippen molar-refractivity contribution in [2.75, 3.05) is 33.5 Å².